The van der Waals surface area contributed by atoms with Gasteiger partial charge in [0.2, 0.25) is 0 Å². The lowest BCUT2D eigenvalue weighted by Gasteiger charge is -2.27. The normalized spacial score (nSPS) is 11.0. The molecule has 0 saturated heterocycles. The molecular weight excluding hydrogens is 653 g/mol. The quantitative estimate of drug-likeness (QED) is 0.160. The molecule has 0 radical (unpaired) electrons. The SMILES string of the molecule is Cc1ccc(N(c2ccc(C)cc2)c2cccc3cc4ccccc4cc23)cc1.Cc1ccc(N(c2ccc(C)cc2)c2cccc3ccccc23)cc1. The monoisotopic (exact) mass is 696 g/mol. The molecule has 9 aromatic rings. The molecule has 0 amide bonds. The number of benzene rings is 9. The lowest BCUT2D eigenvalue weighted by Crippen LogP contribution is -2.10. The van der Waals surface area contributed by atoms with E-state index in [4.69, 9.17) is 0 Å². The van der Waals surface area contributed by atoms with Crippen LogP contribution in [0.2, 0.25) is 0 Å². The molecule has 0 bridgehead atoms. The molecule has 0 heterocycles. The predicted molar refractivity (Wildman–Crippen MR) is 234 cm³/mol. The van der Waals surface area contributed by atoms with Crippen LogP contribution in [0.3, 0.4) is 0 Å². The summed E-state index contributed by atoms with van der Waals surface area (Å²) in [6, 6.07) is 69.8. The second-order valence-electron chi connectivity index (χ2n) is 14.2. The van der Waals surface area contributed by atoms with Crippen molar-refractivity contribution in [3.05, 3.63) is 216 Å². The van der Waals surface area contributed by atoms with Crippen molar-refractivity contribution in [3.8, 4) is 0 Å². The Morgan fingerprint density at radius 2 is 0.593 bits per heavy atom. The lowest BCUT2D eigenvalue weighted by molar-refractivity contribution is 1.28. The molecule has 9 rings (SSSR count). The number of hydrogen-bond donors (Lipinski definition) is 0. The zero-order chi connectivity index (χ0) is 37.0. The van der Waals surface area contributed by atoms with Crippen LogP contribution in [0.25, 0.3) is 32.3 Å². The second-order valence-corrected chi connectivity index (χ2v) is 14.2. The Balaban J connectivity index is 0.000000155. The maximum absolute atomic E-state index is 2.36. The van der Waals surface area contributed by atoms with Crippen LogP contribution < -0.4 is 9.80 Å². The number of hydrogen-bond acceptors (Lipinski definition) is 2. The summed E-state index contributed by atoms with van der Waals surface area (Å²) in [6.45, 7) is 8.50. The first-order valence-electron chi connectivity index (χ1n) is 18.7. The molecule has 2 heteroatoms. The van der Waals surface area contributed by atoms with E-state index in [1.165, 1.54) is 88.7 Å². The third-order valence-electron chi connectivity index (χ3n) is 10.1. The van der Waals surface area contributed by atoms with Crippen molar-refractivity contribution < 1.29 is 0 Å². The fourth-order valence-corrected chi connectivity index (χ4v) is 7.18. The van der Waals surface area contributed by atoms with Crippen molar-refractivity contribution in [2.45, 2.75) is 27.7 Å². The van der Waals surface area contributed by atoms with Crippen LogP contribution in [0.1, 0.15) is 22.3 Å². The van der Waals surface area contributed by atoms with Gasteiger partial charge in [-0.3, -0.25) is 0 Å². The van der Waals surface area contributed by atoms with Gasteiger partial charge in [0.25, 0.3) is 0 Å². The van der Waals surface area contributed by atoms with Gasteiger partial charge in [-0.1, -0.05) is 144 Å². The van der Waals surface area contributed by atoms with Gasteiger partial charge in [0.05, 0.1) is 11.4 Å². The molecule has 9 aromatic carbocycles. The first kappa shape index (κ1) is 34.4. The van der Waals surface area contributed by atoms with Crippen LogP contribution in [0, 0.1) is 27.7 Å². The molecule has 0 spiro atoms. The summed E-state index contributed by atoms with van der Waals surface area (Å²) in [4.78, 5) is 4.69. The van der Waals surface area contributed by atoms with E-state index in [1.54, 1.807) is 0 Å². The van der Waals surface area contributed by atoms with E-state index >= 15 is 0 Å². The molecule has 0 aliphatic carbocycles. The second kappa shape index (κ2) is 15.1. The van der Waals surface area contributed by atoms with Gasteiger partial charge < -0.3 is 9.80 Å². The Labute approximate surface area is 319 Å². The number of fused-ring (bicyclic) bond motifs is 3. The Morgan fingerprint density at radius 3 is 1.04 bits per heavy atom. The third-order valence-corrected chi connectivity index (χ3v) is 10.1. The zero-order valence-electron chi connectivity index (χ0n) is 31.4. The molecule has 262 valence electrons. The van der Waals surface area contributed by atoms with E-state index in [0.717, 1.165) is 0 Å². The average molecular weight is 697 g/mol. The van der Waals surface area contributed by atoms with Gasteiger partial charge >= 0.3 is 0 Å². The van der Waals surface area contributed by atoms with Crippen LogP contribution in [0.15, 0.2) is 194 Å². The van der Waals surface area contributed by atoms with Crippen molar-refractivity contribution in [2.75, 3.05) is 9.80 Å². The third kappa shape index (κ3) is 7.20. The van der Waals surface area contributed by atoms with Crippen LogP contribution in [-0.4, -0.2) is 0 Å². The van der Waals surface area contributed by atoms with Gasteiger partial charge in [-0.15, -0.1) is 0 Å². The number of aryl methyl sites for hydroxylation is 4. The summed E-state index contributed by atoms with van der Waals surface area (Å²) in [5.74, 6) is 0. The highest BCUT2D eigenvalue weighted by Gasteiger charge is 2.17. The first-order chi connectivity index (χ1) is 26.4. The molecule has 54 heavy (non-hydrogen) atoms. The lowest BCUT2D eigenvalue weighted by atomic mass is 10.0. The standard InChI is InChI=1S/C28H23N.C24H21N/c1-20-10-14-25(15-11-20)29(26-16-12-21(2)13-17-26)28-9-5-8-24-18-22-6-3-4-7-23(22)19-27(24)28;1-18-10-14-21(15-11-18)25(22-16-12-19(2)13-17-22)24-9-5-7-20-6-3-4-8-23(20)24/h3-19H,1-2H3;3-17H,1-2H3. The largest absolute Gasteiger partial charge is 0.310 e. The highest BCUT2D eigenvalue weighted by atomic mass is 15.1. The van der Waals surface area contributed by atoms with E-state index in [9.17, 15) is 0 Å². The average Bonchev–Trinajstić information content (AvgIpc) is 3.20. The van der Waals surface area contributed by atoms with Crippen LogP contribution >= 0.6 is 0 Å². The number of rotatable bonds is 6. The summed E-state index contributed by atoms with van der Waals surface area (Å²) in [7, 11) is 0. The van der Waals surface area contributed by atoms with E-state index in [-0.39, 0.29) is 0 Å². The first-order valence-corrected chi connectivity index (χ1v) is 18.7. The van der Waals surface area contributed by atoms with E-state index in [1.807, 2.05) is 0 Å². The highest BCUT2D eigenvalue weighted by Crippen LogP contribution is 2.41. The minimum atomic E-state index is 1.17. The molecular formula is C52H44N2. The zero-order valence-corrected chi connectivity index (χ0v) is 31.4. The molecule has 0 unspecified atom stereocenters. The van der Waals surface area contributed by atoms with Crippen LogP contribution in [0.5, 0.6) is 0 Å². The van der Waals surface area contributed by atoms with Crippen LogP contribution in [0.4, 0.5) is 34.1 Å². The minimum absolute atomic E-state index is 1.17. The number of anilines is 6. The fraction of sp³-hybridized carbons (Fsp3) is 0.0769. The van der Waals surface area contributed by atoms with Gasteiger partial charge in [0.15, 0.2) is 0 Å². The van der Waals surface area contributed by atoms with Gasteiger partial charge in [-0.25, -0.2) is 0 Å². The van der Waals surface area contributed by atoms with E-state index in [0.29, 0.717) is 0 Å². The van der Waals surface area contributed by atoms with Crippen molar-refractivity contribution >= 4 is 66.4 Å². The molecule has 0 N–H and O–H groups in total. The molecule has 2 nitrogen and oxygen atoms in total. The summed E-state index contributed by atoms with van der Waals surface area (Å²) < 4.78 is 0. The molecule has 0 aliphatic rings. The Kier molecular flexibility index (Phi) is 9.66. The fourth-order valence-electron chi connectivity index (χ4n) is 7.18. The Morgan fingerprint density at radius 1 is 0.259 bits per heavy atom. The van der Waals surface area contributed by atoms with Gasteiger partial charge in [-0.2, -0.15) is 0 Å². The smallest absolute Gasteiger partial charge is 0.0540 e. The highest BCUT2D eigenvalue weighted by molar-refractivity contribution is 6.06. The van der Waals surface area contributed by atoms with Crippen molar-refractivity contribution in [1.82, 2.24) is 0 Å². The Hall–Kier alpha value is -6.64. The predicted octanol–water partition coefficient (Wildman–Crippen LogP) is 15.0. The minimum Gasteiger partial charge on any atom is -0.310 e. The molecule has 0 saturated carbocycles. The van der Waals surface area contributed by atoms with Crippen molar-refractivity contribution in [1.29, 1.82) is 0 Å². The molecule has 0 aliphatic heterocycles. The maximum Gasteiger partial charge on any atom is 0.0540 e. The Bertz CT molecular complexity index is 2580. The maximum atomic E-state index is 2.36. The van der Waals surface area contributed by atoms with Gasteiger partial charge in [-0.05, 0) is 122 Å². The summed E-state index contributed by atoms with van der Waals surface area (Å²) >= 11 is 0. The van der Waals surface area contributed by atoms with Gasteiger partial charge in [0, 0.05) is 33.5 Å². The van der Waals surface area contributed by atoms with Crippen molar-refractivity contribution in [3.63, 3.8) is 0 Å². The van der Waals surface area contributed by atoms with E-state index in [2.05, 4.69) is 232 Å². The summed E-state index contributed by atoms with van der Waals surface area (Å²) in [6.07, 6.45) is 0. The van der Waals surface area contributed by atoms with E-state index < -0.39 is 0 Å². The topological polar surface area (TPSA) is 6.48 Å². The molecule has 0 aromatic heterocycles. The van der Waals surface area contributed by atoms with Crippen LogP contribution in [-0.2, 0) is 0 Å². The number of nitrogens with zero attached hydrogens (tertiary/aromatic N) is 2. The van der Waals surface area contributed by atoms with Crippen molar-refractivity contribution in [2.24, 2.45) is 0 Å². The molecule has 0 fully saturated rings. The summed E-state index contributed by atoms with van der Waals surface area (Å²) in [5, 5.41) is 7.56. The molecule has 0 atom stereocenters. The summed E-state index contributed by atoms with van der Waals surface area (Å²) in [5.41, 5.74) is 12.1. The van der Waals surface area contributed by atoms with Gasteiger partial charge in [0.1, 0.15) is 0 Å².